The van der Waals surface area contributed by atoms with Crippen molar-refractivity contribution in [3.63, 3.8) is 0 Å². The maximum atomic E-state index is 12.1. The molecular formula is C18H14ClN3O5. The number of aromatic nitrogens is 3. The van der Waals surface area contributed by atoms with E-state index < -0.39 is 5.97 Å². The van der Waals surface area contributed by atoms with Crippen molar-refractivity contribution in [2.45, 2.75) is 13.0 Å². The number of benzene rings is 1. The molecule has 0 bridgehead atoms. The molecule has 0 aliphatic carbocycles. The molecule has 138 valence electrons. The van der Waals surface area contributed by atoms with Crippen LogP contribution in [0.3, 0.4) is 0 Å². The summed E-state index contributed by atoms with van der Waals surface area (Å²) in [7, 11) is 0. The molecule has 0 spiro atoms. The van der Waals surface area contributed by atoms with E-state index in [1.807, 2.05) is 0 Å². The van der Waals surface area contributed by atoms with Crippen LogP contribution in [0.1, 0.15) is 11.5 Å². The zero-order valence-corrected chi connectivity index (χ0v) is 14.8. The second-order valence-electron chi connectivity index (χ2n) is 5.69. The first-order chi connectivity index (χ1) is 13.2. The average Bonchev–Trinajstić information content (AvgIpc) is 3.16. The summed E-state index contributed by atoms with van der Waals surface area (Å²) in [4.78, 5) is 20.3. The third-order valence-corrected chi connectivity index (χ3v) is 4.03. The molecule has 0 saturated heterocycles. The Morgan fingerprint density at radius 2 is 2.15 bits per heavy atom. The van der Waals surface area contributed by atoms with Gasteiger partial charge in [-0.2, -0.15) is 4.98 Å². The number of ether oxygens (including phenoxy) is 3. The van der Waals surface area contributed by atoms with Gasteiger partial charge in [0.25, 0.3) is 5.89 Å². The second kappa shape index (κ2) is 7.63. The van der Waals surface area contributed by atoms with Crippen LogP contribution in [0, 0.1) is 0 Å². The topological polar surface area (TPSA) is 96.6 Å². The number of hydrogen-bond donors (Lipinski definition) is 0. The Labute approximate surface area is 159 Å². The zero-order chi connectivity index (χ0) is 18.6. The number of halogens is 1. The molecule has 4 rings (SSSR count). The summed E-state index contributed by atoms with van der Waals surface area (Å²) < 4.78 is 21.2. The van der Waals surface area contributed by atoms with Crippen molar-refractivity contribution in [1.82, 2.24) is 15.1 Å². The van der Waals surface area contributed by atoms with Crippen molar-refractivity contribution in [2.75, 3.05) is 13.2 Å². The normalized spacial score (nSPS) is 12.6. The molecule has 3 heterocycles. The second-order valence-corrected chi connectivity index (χ2v) is 6.10. The standard InChI is InChI=1S/C18H14ClN3O5/c19-13-6-11(7-14-17(13)25-5-4-24-14)8-16(23)26-10-15-21-18(22-27-15)12-2-1-3-20-9-12/h1-3,6-7,9H,4-5,8,10H2. The van der Waals surface area contributed by atoms with E-state index in [9.17, 15) is 4.79 Å². The summed E-state index contributed by atoms with van der Waals surface area (Å²) in [6.07, 6.45) is 3.29. The first kappa shape index (κ1) is 17.3. The average molecular weight is 388 g/mol. The summed E-state index contributed by atoms with van der Waals surface area (Å²) in [6.45, 7) is 0.761. The molecule has 0 amide bonds. The van der Waals surface area contributed by atoms with Gasteiger partial charge in [0, 0.05) is 18.0 Å². The number of esters is 1. The molecule has 2 aromatic heterocycles. The van der Waals surface area contributed by atoms with Crippen molar-refractivity contribution in [2.24, 2.45) is 0 Å². The highest BCUT2D eigenvalue weighted by Gasteiger charge is 2.18. The van der Waals surface area contributed by atoms with E-state index in [2.05, 4.69) is 15.1 Å². The molecule has 0 atom stereocenters. The summed E-state index contributed by atoms with van der Waals surface area (Å²) in [5.74, 6) is 1.14. The molecule has 3 aromatic rings. The van der Waals surface area contributed by atoms with Gasteiger partial charge in [-0.25, -0.2) is 0 Å². The van der Waals surface area contributed by atoms with Gasteiger partial charge in [-0.15, -0.1) is 0 Å². The van der Waals surface area contributed by atoms with Gasteiger partial charge in [0.05, 0.1) is 11.4 Å². The first-order valence-corrected chi connectivity index (χ1v) is 8.53. The Balaban J connectivity index is 1.36. The van der Waals surface area contributed by atoms with Crippen LogP contribution in [0.15, 0.2) is 41.2 Å². The molecule has 0 saturated carbocycles. The molecule has 1 aromatic carbocycles. The third kappa shape index (κ3) is 4.01. The van der Waals surface area contributed by atoms with Crippen LogP contribution < -0.4 is 9.47 Å². The van der Waals surface area contributed by atoms with Crippen LogP contribution >= 0.6 is 11.6 Å². The van der Waals surface area contributed by atoms with E-state index in [0.29, 0.717) is 46.7 Å². The van der Waals surface area contributed by atoms with Crippen LogP contribution in [-0.4, -0.2) is 34.3 Å². The molecule has 8 nitrogen and oxygen atoms in total. The maximum absolute atomic E-state index is 12.1. The highest BCUT2D eigenvalue weighted by molar-refractivity contribution is 6.32. The highest BCUT2D eigenvalue weighted by Crippen LogP contribution is 2.38. The van der Waals surface area contributed by atoms with E-state index in [0.717, 1.165) is 0 Å². The number of carbonyl (C=O) groups is 1. The predicted octanol–water partition coefficient (Wildman–Crippen LogP) is 2.84. The summed E-state index contributed by atoms with van der Waals surface area (Å²) >= 11 is 6.17. The van der Waals surface area contributed by atoms with Crippen LogP contribution in [0.25, 0.3) is 11.4 Å². The summed E-state index contributed by atoms with van der Waals surface area (Å²) in [5, 5.41) is 4.24. The van der Waals surface area contributed by atoms with Crippen molar-refractivity contribution in [3.8, 4) is 22.9 Å². The van der Waals surface area contributed by atoms with Crippen molar-refractivity contribution in [1.29, 1.82) is 0 Å². The molecule has 1 aliphatic rings. The molecule has 27 heavy (non-hydrogen) atoms. The lowest BCUT2D eigenvalue weighted by Crippen LogP contribution is -2.16. The van der Waals surface area contributed by atoms with Gasteiger partial charge < -0.3 is 18.7 Å². The molecule has 9 heteroatoms. The van der Waals surface area contributed by atoms with Gasteiger partial charge in [-0.3, -0.25) is 9.78 Å². The Morgan fingerprint density at radius 3 is 3.00 bits per heavy atom. The smallest absolute Gasteiger partial charge is 0.310 e. The Bertz CT molecular complexity index is 961. The lowest BCUT2D eigenvalue weighted by atomic mass is 10.1. The monoisotopic (exact) mass is 387 g/mol. The fourth-order valence-electron chi connectivity index (χ4n) is 2.55. The van der Waals surface area contributed by atoms with Crippen molar-refractivity contribution in [3.05, 3.63) is 53.1 Å². The van der Waals surface area contributed by atoms with Gasteiger partial charge in [0.15, 0.2) is 18.1 Å². The van der Waals surface area contributed by atoms with E-state index in [-0.39, 0.29) is 18.9 Å². The molecular weight excluding hydrogens is 374 g/mol. The van der Waals surface area contributed by atoms with E-state index in [4.69, 9.17) is 30.3 Å². The molecule has 0 N–H and O–H groups in total. The maximum Gasteiger partial charge on any atom is 0.310 e. The minimum Gasteiger partial charge on any atom is -0.486 e. The predicted molar refractivity (Wildman–Crippen MR) is 93.5 cm³/mol. The Morgan fingerprint density at radius 1 is 1.26 bits per heavy atom. The Hall–Kier alpha value is -3.13. The fraction of sp³-hybridized carbons (Fsp3) is 0.222. The number of pyridine rings is 1. The molecule has 1 aliphatic heterocycles. The number of rotatable bonds is 5. The Kier molecular flexibility index (Phi) is 4.88. The lowest BCUT2D eigenvalue weighted by Gasteiger charge is -2.20. The largest absolute Gasteiger partial charge is 0.486 e. The van der Waals surface area contributed by atoms with Crippen LogP contribution in [0.5, 0.6) is 11.5 Å². The lowest BCUT2D eigenvalue weighted by molar-refractivity contribution is -0.144. The van der Waals surface area contributed by atoms with Crippen LogP contribution in [0.4, 0.5) is 0 Å². The van der Waals surface area contributed by atoms with Crippen LogP contribution in [-0.2, 0) is 22.6 Å². The molecule has 0 unspecified atom stereocenters. The van der Waals surface area contributed by atoms with Crippen LogP contribution in [0.2, 0.25) is 5.02 Å². The van der Waals surface area contributed by atoms with Gasteiger partial charge >= 0.3 is 5.97 Å². The summed E-state index contributed by atoms with van der Waals surface area (Å²) in [6, 6.07) is 6.95. The minimum absolute atomic E-state index is 0.0277. The SMILES string of the molecule is O=C(Cc1cc(Cl)c2c(c1)OCCO2)OCc1nc(-c2cccnc2)no1. The van der Waals surface area contributed by atoms with E-state index in [1.165, 1.54) is 0 Å². The third-order valence-electron chi connectivity index (χ3n) is 3.75. The van der Waals surface area contributed by atoms with Gasteiger partial charge in [-0.1, -0.05) is 16.8 Å². The van der Waals surface area contributed by atoms with Gasteiger partial charge in [0.2, 0.25) is 5.82 Å². The highest BCUT2D eigenvalue weighted by atomic mass is 35.5. The number of carbonyl (C=O) groups excluding carboxylic acids is 1. The number of nitrogens with zero attached hydrogens (tertiary/aromatic N) is 3. The van der Waals surface area contributed by atoms with Gasteiger partial charge in [-0.05, 0) is 29.8 Å². The van der Waals surface area contributed by atoms with Crippen molar-refractivity contribution >= 4 is 17.6 Å². The summed E-state index contributed by atoms with van der Waals surface area (Å²) in [5.41, 5.74) is 1.38. The molecule has 0 fully saturated rings. The van der Waals surface area contributed by atoms with Gasteiger partial charge in [0.1, 0.15) is 13.2 Å². The van der Waals surface area contributed by atoms with E-state index in [1.54, 1.807) is 36.7 Å². The zero-order valence-electron chi connectivity index (χ0n) is 14.1. The fourth-order valence-corrected chi connectivity index (χ4v) is 2.84. The number of fused-ring (bicyclic) bond motifs is 1. The van der Waals surface area contributed by atoms with E-state index >= 15 is 0 Å². The quantitative estimate of drug-likeness (QED) is 0.616. The number of hydrogen-bond acceptors (Lipinski definition) is 8. The minimum atomic E-state index is -0.455. The molecule has 0 radical (unpaired) electrons. The first-order valence-electron chi connectivity index (χ1n) is 8.15. The van der Waals surface area contributed by atoms with Crippen molar-refractivity contribution < 1.29 is 23.5 Å².